The van der Waals surface area contributed by atoms with E-state index in [1.165, 1.54) is 25.7 Å². The van der Waals surface area contributed by atoms with Gasteiger partial charge in [0.1, 0.15) is 0 Å². The van der Waals surface area contributed by atoms with Crippen LogP contribution in [0.2, 0.25) is 0 Å². The molecule has 1 unspecified atom stereocenters. The van der Waals surface area contributed by atoms with Crippen LogP contribution >= 0.6 is 0 Å². The van der Waals surface area contributed by atoms with Gasteiger partial charge in [0.2, 0.25) is 0 Å². The first kappa shape index (κ1) is 10.2. The number of hydrogen-bond donors (Lipinski definition) is 2. The van der Waals surface area contributed by atoms with Gasteiger partial charge in [-0.15, -0.1) is 0 Å². The highest BCUT2D eigenvalue weighted by Crippen LogP contribution is 2.31. The van der Waals surface area contributed by atoms with Gasteiger partial charge in [0, 0.05) is 5.54 Å². The average molecular weight is 195 g/mol. The number of rotatable bonds is 4. The number of allylic oxidation sites excluding steroid dienone is 2. The summed E-state index contributed by atoms with van der Waals surface area (Å²) in [6.07, 6.45) is 11.9. The van der Waals surface area contributed by atoms with Crippen molar-refractivity contribution < 1.29 is 5.11 Å². The SMILES string of the molecule is OCC1(NCC2CC=CCC2)CCC1. The van der Waals surface area contributed by atoms with Gasteiger partial charge in [0.05, 0.1) is 6.61 Å². The summed E-state index contributed by atoms with van der Waals surface area (Å²) >= 11 is 0. The molecule has 1 saturated carbocycles. The molecule has 0 amide bonds. The zero-order valence-electron chi connectivity index (χ0n) is 8.84. The van der Waals surface area contributed by atoms with Crippen molar-refractivity contribution in [2.24, 2.45) is 5.92 Å². The lowest BCUT2D eigenvalue weighted by Gasteiger charge is -2.42. The minimum Gasteiger partial charge on any atom is -0.394 e. The minimum absolute atomic E-state index is 0.0984. The van der Waals surface area contributed by atoms with Gasteiger partial charge in [-0.25, -0.2) is 0 Å². The Kier molecular flexibility index (Phi) is 3.24. The molecule has 2 N–H and O–H groups in total. The summed E-state index contributed by atoms with van der Waals surface area (Å²) in [5.41, 5.74) is 0.0984. The average Bonchev–Trinajstić information content (AvgIpc) is 2.19. The van der Waals surface area contributed by atoms with Crippen LogP contribution in [0.25, 0.3) is 0 Å². The van der Waals surface area contributed by atoms with E-state index in [1.807, 2.05) is 0 Å². The van der Waals surface area contributed by atoms with Gasteiger partial charge >= 0.3 is 0 Å². The Morgan fingerprint density at radius 3 is 2.71 bits per heavy atom. The third-order valence-electron chi connectivity index (χ3n) is 3.76. The molecule has 80 valence electrons. The molecular formula is C12H21NO. The summed E-state index contributed by atoms with van der Waals surface area (Å²) in [6, 6.07) is 0. The molecule has 2 heteroatoms. The summed E-state index contributed by atoms with van der Waals surface area (Å²) in [6.45, 7) is 1.40. The molecule has 2 rings (SSSR count). The third-order valence-corrected chi connectivity index (χ3v) is 3.76. The van der Waals surface area contributed by atoms with Gasteiger partial charge in [-0.2, -0.15) is 0 Å². The molecule has 2 aliphatic rings. The van der Waals surface area contributed by atoms with Gasteiger partial charge in [0.25, 0.3) is 0 Å². The molecule has 0 bridgehead atoms. The molecule has 1 fully saturated rings. The van der Waals surface area contributed by atoms with E-state index in [4.69, 9.17) is 0 Å². The fourth-order valence-corrected chi connectivity index (χ4v) is 2.40. The van der Waals surface area contributed by atoms with Crippen LogP contribution in [0.15, 0.2) is 12.2 Å². The first-order chi connectivity index (χ1) is 6.85. The highest BCUT2D eigenvalue weighted by Gasteiger charge is 2.35. The van der Waals surface area contributed by atoms with Crippen molar-refractivity contribution in [2.75, 3.05) is 13.2 Å². The molecular weight excluding hydrogens is 174 g/mol. The molecule has 0 aromatic rings. The highest BCUT2D eigenvalue weighted by atomic mass is 16.3. The Hall–Kier alpha value is -0.340. The first-order valence-corrected chi connectivity index (χ1v) is 5.86. The number of aliphatic hydroxyl groups excluding tert-OH is 1. The van der Waals surface area contributed by atoms with E-state index in [0.717, 1.165) is 25.3 Å². The van der Waals surface area contributed by atoms with Crippen LogP contribution < -0.4 is 5.32 Å². The molecule has 0 aromatic carbocycles. The maximum atomic E-state index is 9.29. The summed E-state index contributed by atoms with van der Waals surface area (Å²) in [5, 5.41) is 12.9. The maximum absolute atomic E-state index is 9.29. The largest absolute Gasteiger partial charge is 0.394 e. The fourth-order valence-electron chi connectivity index (χ4n) is 2.40. The van der Waals surface area contributed by atoms with Crippen molar-refractivity contribution in [1.29, 1.82) is 0 Å². The molecule has 0 heterocycles. The van der Waals surface area contributed by atoms with E-state index in [1.54, 1.807) is 0 Å². The maximum Gasteiger partial charge on any atom is 0.0613 e. The van der Waals surface area contributed by atoms with Crippen LogP contribution in [0.3, 0.4) is 0 Å². The summed E-state index contributed by atoms with van der Waals surface area (Å²) in [4.78, 5) is 0. The van der Waals surface area contributed by atoms with E-state index >= 15 is 0 Å². The molecule has 0 spiro atoms. The Labute approximate surface area is 86.4 Å². The Morgan fingerprint density at radius 2 is 2.21 bits per heavy atom. The lowest BCUT2D eigenvalue weighted by Crippen LogP contribution is -2.55. The molecule has 1 atom stereocenters. The second-order valence-corrected chi connectivity index (χ2v) is 4.82. The monoisotopic (exact) mass is 195 g/mol. The van der Waals surface area contributed by atoms with Crippen LogP contribution in [-0.2, 0) is 0 Å². The standard InChI is InChI=1S/C12H21NO/c14-10-12(7-4-8-12)13-9-11-5-2-1-3-6-11/h1-2,11,13-14H,3-10H2. The normalized spacial score (nSPS) is 29.9. The minimum atomic E-state index is 0.0984. The van der Waals surface area contributed by atoms with E-state index in [-0.39, 0.29) is 5.54 Å². The number of hydrogen-bond acceptors (Lipinski definition) is 2. The summed E-state index contributed by atoms with van der Waals surface area (Å²) in [5.74, 6) is 0.795. The van der Waals surface area contributed by atoms with Gasteiger partial charge < -0.3 is 10.4 Å². The molecule has 2 nitrogen and oxygen atoms in total. The molecule has 0 radical (unpaired) electrons. The zero-order valence-corrected chi connectivity index (χ0v) is 8.84. The smallest absolute Gasteiger partial charge is 0.0613 e. The van der Waals surface area contributed by atoms with Gasteiger partial charge in [-0.05, 0) is 51.0 Å². The summed E-state index contributed by atoms with van der Waals surface area (Å²) < 4.78 is 0. The van der Waals surface area contributed by atoms with E-state index in [9.17, 15) is 5.11 Å². The Balaban J connectivity index is 1.73. The predicted octanol–water partition coefficient (Wildman–Crippen LogP) is 1.85. The van der Waals surface area contributed by atoms with E-state index in [2.05, 4.69) is 17.5 Å². The van der Waals surface area contributed by atoms with Crippen LogP contribution in [0.1, 0.15) is 38.5 Å². The predicted molar refractivity (Wildman–Crippen MR) is 58.2 cm³/mol. The highest BCUT2D eigenvalue weighted by molar-refractivity contribution is 4.97. The molecule has 2 aliphatic carbocycles. The lowest BCUT2D eigenvalue weighted by atomic mass is 9.77. The first-order valence-electron chi connectivity index (χ1n) is 5.86. The Bertz CT molecular complexity index is 203. The van der Waals surface area contributed by atoms with Crippen molar-refractivity contribution in [3.8, 4) is 0 Å². The van der Waals surface area contributed by atoms with Crippen molar-refractivity contribution in [2.45, 2.75) is 44.1 Å². The van der Waals surface area contributed by atoms with Crippen molar-refractivity contribution >= 4 is 0 Å². The number of nitrogens with one attached hydrogen (secondary N) is 1. The second kappa shape index (κ2) is 4.45. The van der Waals surface area contributed by atoms with Crippen LogP contribution in [0.5, 0.6) is 0 Å². The molecule has 0 saturated heterocycles. The molecule has 14 heavy (non-hydrogen) atoms. The van der Waals surface area contributed by atoms with Crippen molar-refractivity contribution in [1.82, 2.24) is 5.32 Å². The van der Waals surface area contributed by atoms with Gasteiger partial charge in [-0.1, -0.05) is 12.2 Å². The lowest BCUT2D eigenvalue weighted by molar-refractivity contribution is 0.0839. The fraction of sp³-hybridized carbons (Fsp3) is 0.833. The van der Waals surface area contributed by atoms with E-state index in [0.29, 0.717) is 6.61 Å². The molecule has 0 aromatic heterocycles. The summed E-state index contributed by atoms with van der Waals surface area (Å²) in [7, 11) is 0. The number of aliphatic hydroxyl groups is 1. The zero-order chi connectivity index (χ0) is 9.86. The van der Waals surface area contributed by atoms with Crippen LogP contribution in [0, 0.1) is 5.92 Å². The second-order valence-electron chi connectivity index (χ2n) is 4.82. The van der Waals surface area contributed by atoms with Gasteiger partial charge in [0.15, 0.2) is 0 Å². The van der Waals surface area contributed by atoms with Crippen molar-refractivity contribution in [3.63, 3.8) is 0 Å². The Morgan fingerprint density at radius 1 is 1.36 bits per heavy atom. The topological polar surface area (TPSA) is 32.3 Å². The van der Waals surface area contributed by atoms with Crippen LogP contribution in [-0.4, -0.2) is 23.8 Å². The van der Waals surface area contributed by atoms with Crippen molar-refractivity contribution in [3.05, 3.63) is 12.2 Å². The molecule has 0 aliphatic heterocycles. The third kappa shape index (κ3) is 2.18. The quantitative estimate of drug-likeness (QED) is 0.671. The van der Waals surface area contributed by atoms with E-state index < -0.39 is 0 Å². The van der Waals surface area contributed by atoms with Crippen LogP contribution in [0.4, 0.5) is 0 Å². The van der Waals surface area contributed by atoms with Gasteiger partial charge in [-0.3, -0.25) is 0 Å².